The van der Waals surface area contributed by atoms with Gasteiger partial charge in [-0.3, -0.25) is 4.79 Å². The molecule has 0 aromatic rings. The zero-order valence-corrected chi connectivity index (χ0v) is 20.7. The number of aliphatic hydroxyl groups excluding tert-OH is 1. The highest BCUT2D eigenvalue weighted by Gasteiger charge is 2.83. The molecule has 0 aromatic heterocycles. The molecule has 2 spiro atoms. The molecular weight excluding hydrogens is 384 g/mol. The van der Waals surface area contributed by atoms with Crippen molar-refractivity contribution in [3.8, 4) is 0 Å². The number of allylic oxidation sites excluding steroid dienone is 2. The molecule has 0 bridgehead atoms. The zero-order chi connectivity index (χ0) is 22.6. The molecule has 4 saturated carbocycles. The Labute approximate surface area is 189 Å². The normalized spacial score (nSPS) is 55.5. The van der Waals surface area contributed by atoms with Gasteiger partial charge in [-0.2, -0.15) is 0 Å². The van der Waals surface area contributed by atoms with Gasteiger partial charge in [0.05, 0.1) is 6.10 Å². The van der Waals surface area contributed by atoms with Gasteiger partial charge in [-0.15, -0.1) is 0 Å². The smallest absolute Gasteiger partial charge is 0.219 e. The maximum absolute atomic E-state index is 12.1. The summed E-state index contributed by atoms with van der Waals surface area (Å²) in [7, 11) is 4.06. The third-order valence-corrected chi connectivity index (χ3v) is 12.3. The number of hydrogen-bond acceptors (Lipinski definition) is 3. The summed E-state index contributed by atoms with van der Waals surface area (Å²) in [5, 5.41) is 15.5. The van der Waals surface area contributed by atoms with Crippen LogP contribution in [-0.2, 0) is 4.79 Å². The van der Waals surface area contributed by atoms with Gasteiger partial charge in [0, 0.05) is 31.5 Å². The van der Waals surface area contributed by atoms with Crippen molar-refractivity contribution in [1.82, 2.24) is 10.2 Å². The summed E-state index contributed by atoms with van der Waals surface area (Å²) in [6, 6.07) is 0.806. The summed E-state index contributed by atoms with van der Waals surface area (Å²) in [4.78, 5) is 14.1. The Morgan fingerprint density at radius 3 is 2.55 bits per heavy atom. The quantitative estimate of drug-likeness (QED) is 0.661. The maximum atomic E-state index is 12.1. The standard InChI is InChI=1S/C27H44N2O2/c1-16-19-8-9-22-24(4)12-10-20(17(2)29(7)18(3)30)25(24,5)14-23(31)27(22)15-26(19,27)13-11-21(16)28-6/h8-9,16-17,19-23,28,31H,10-15H2,1-7H3/t16-,17?,19+,20-,21+,22+,23?,24+,25-,26-,27+/m1/s1. The van der Waals surface area contributed by atoms with E-state index in [0.717, 1.165) is 12.8 Å². The summed E-state index contributed by atoms with van der Waals surface area (Å²) in [6.07, 6.45) is 11.9. The summed E-state index contributed by atoms with van der Waals surface area (Å²) < 4.78 is 0. The Morgan fingerprint density at radius 2 is 1.90 bits per heavy atom. The number of carbonyl (C=O) groups excluding carboxylic acids is 1. The van der Waals surface area contributed by atoms with Crippen molar-refractivity contribution in [3.63, 3.8) is 0 Å². The summed E-state index contributed by atoms with van der Waals surface area (Å²) >= 11 is 0. The van der Waals surface area contributed by atoms with Gasteiger partial charge >= 0.3 is 0 Å². The molecule has 5 aliphatic rings. The van der Waals surface area contributed by atoms with Crippen molar-refractivity contribution in [1.29, 1.82) is 0 Å². The van der Waals surface area contributed by atoms with Crippen molar-refractivity contribution in [2.45, 2.75) is 91.3 Å². The summed E-state index contributed by atoms with van der Waals surface area (Å²) in [5.41, 5.74) is 0.637. The van der Waals surface area contributed by atoms with E-state index in [9.17, 15) is 9.90 Å². The number of carbonyl (C=O) groups is 1. The van der Waals surface area contributed by atoms with Crippen LogP contribution in [0.15, 0.2) is 12.2 Å². The van der Waals surface area contributed by atoms with Crippen LogP contribution in [0.1, 0.15) is 73.1 Å². The summed E-state index contributed by atoms with van der Waals surface area (Å²) in [6.45, 7) is 11.3. The third-order valence-electron chi connectivity index (χ3n) is 12.3. The molecule has 0 radical (unpaired) electrons. The van der Waals surface area contributed by atoms with E-state index in [1.165, 1.54) is 25.7 Å². The van der Waals surface area contributed by atoms with Crippen LogP contribution < -0.4 is 5.32 Å². The van der Waals surface area contributed by atoms with Crippen LogP contribution >= 0.6 is 0 Å². The van der Waals surface area contributed by atoms with E-state index in [4.69, 9.17) is 0 Å². The molecule has 4 nitrogen and oxygen atoms in total. The van der Waals surface area contributed by atoms with Crippen LogP contribution in [0.4, 0.5) is 0 Å². The van der Waals surface area contributed by atoms with Crippen molar-refractivity contribution in [2.24, 2.45) is 45.3 Å². The molecule has 0 aliphatic heterocycles. The zero-order valence-electron chi connectivity index (χ0n) is 20.7. The van der Waals surface area contributed by atoms with Gasteiger partial charge in [0.1, 0.15) is 0 Å². The van der Waals surface area contributed by atoms with Crippen LogP contribution in [0.3, 0.4) is 0 Å². The van der Waals surface area contributed by atoms with Gasteiger partial charge in [0.2, 0.25) is 5.91 Å². The van der Waals surface area contributed by atoms with Crippen molar-refractivity contribution >= 4 is 5.91 Å². The van der Waals surface area contributed by atoms with E-state index in [1.807, 2.05) is 11.9 Å². The molecule has 174 valence electrons. The topological polar surface area (TPSA) is 52.6 Å². The largest absolute Gasteiger partial charge is 0.392 e. The molecule has 0 saturated heterocycles. The number of amides is 1. The number of nitrogens with zero attached hydrogens (tertiary/aromatic N) is 1. The average molecular weight is 429 g/mol. The predicted molar refractivity (Wildman–Crippen MR) is 124 cm³/mol. The first-order valence-electron chi connectivity index (χ1n) is 12.8. The first kappa shape index (κ1) is 21.9. The first-order valence-corrected chi connectivity index (χ1v) is 12.8. The van der Waals surface area contributed by atoms with Gasteiger partial charge in [0.15, 0.2) is 0 Å². The van der Waals surface area contributed by atoms with Crippen molar-refractivity contribution < 1.29 is 9.90 Å². The number of rotatable bonds is 3. The second-order valence-electron chi connectivity index (χ2n) is 12.6. The molecule has 31 heavy (non-hydrogen) atoms. The van der Waals surface area contributed by atoms with Crippen molar-refractivity contribution in [3.05, 3.63) is 12.2 Å². The van der Waals surface area contributed by atoms with Crippen molar-refractivity contribution in [2.75, 3.05) is 14.1 Å². The Kier molecular flexibility index (Phi) is 4.67. The lowest BCUT2D eigenvalue weighted by atomic mass is 9.43. The number of fused-ring (bicyclic) bond motifs is 2. The highest BCUT2D eigenvalue weighted by Crippen LogP contribution is 2.86. The first-order chi connectivity index (χ1) is 14.5. The minimum atomic E-state index is -0.225. The molecule has 2 unspecified atom stereocenters. The Balaban J connectivity index is 1.53. The SMILES string of the molecule is CN[C@H]1CC[C@]23C[C@]24C(O)C[C@]2(C)[C@@H](C(C)N(C)C(C)=O)CC[C@@]2(C)[C@@H]4C=C[C@H]3[C@H]1C. The summed E-state index contributed by atoms with van der Waals surface area (Å²) in [5.74, 6) is 2.28. The second kappa shape index (κ2) is 6.59. The lowest BCUT2D eigenvalue weighted by molar-refractivity contribution is -0.159. The minimum absolute atomic E-state index is 0.0558. The van der Waals surface area contributed by atoms with E-state index < -0.39 is 0 Å². The molecule has 4 fully saturated rings. The molecule has 11 atom stereocenters. The second-order valence-corrected chi connectivity index (χ2v) is 12.6. The Hall–Kier alpha value is -0.870. The van der Waals surface area contributed by atoms with Gasteiger partial charge in [-0.1, -0.05) is 32.9 Å². The van der Waals surface area contributed by atoms with Crippen LogP contribution in [0.2, 0.25) is 0 Å². The van der Waals surface area contributed by atoms with Crippen LogP contribution in [0, 0.1) is 45.3 Å². The van der Waals surface area contributed by atoms with E-state index in [1.54, 1.807) is 6.92 Å². The van der Waals surface area contributed by atoms with Crippen LogP contribution in [0.25, 0.3) is 0 Å². The average Bonchev–Trinajstić information content (AvgIpc) is 3.33. The molecule has 1 amide bonds. The lowest BCUT2D eigenvalue weighted by Crippen LogP contribution is -2.61. The molecule has 2 N–H and O–H groups in total. The van der Waals surface area contributed by atoms with Gasteiger partial charge in [-0.25, -0.2) is 0 Å². The third kappa shape index (κ3) is 2.37. The van der Waals surface area contributed by atoms with E-state index in [-0.39, 0.29) is 34.3 Å². The maximum Gasteiger partial charge on any atom is 0.219 e. The highest BCUT2D eigenvalue weighted by molar-refractivity contribution is 5.73. The fourth-order valence-electron chi connectivity index (χ4n) is 10.1. The van der Waals surface area contributed by atoms with Gasteiger partial charge in [-0.05, 0) is 92.4 Å². The fraction of sp³-hybridized carbons (Fsp3) is 0.889. The molecule has 5 rings (SSSR count). The molecule has 0 aromatic carbocycles. The monoisotopic (exact) mass is 428 g/mol. The van der Waals surface area contributed by atoms with Gasteiger partial charge in [0.25, 0.3) is 0 Å². The number of hydrogen-bond donors (Lipinski definition) is 2. The predicted octanol–water partition coefficient (Wildman–Crippen LogP) is 4.24. The van der Waals surface area contributed by atoms with Crippen LogP contribution in [-0.4, -0.2) is 48.2 Å². The van der Waals surface area contributed by atoms with E-state index >= 15 is 0 Å². The molecule has 4 heteroatoms. The minimum Gasteiger partial charge on any atom is -0.392 e. The Bertz CT molecular complexity index is 811. The molecular formula is C27H44N2O2. The molecule has 5 aliphatic carbocycles. The molecule has 0 heterocycles. The van der Waals surface area contributed by atoms with E-state index in [2.05, 4.69) is 52.2 Å². The Morgan fingerprint density at radius 1 is 1.19 bits per heavy atom. The fourth-order valence-corrected chi connectivity index (χ4v) is 10.1. The lowest BCUT2D eigenvalue weighted by Gasteiger charge is -2.62. The highest BCUT2D eigenvalue weighted by atomic mass is 16.3. The van der Waals surface area contributed by atoms with Crippen LogP contribution in [0.5, 0.6) is 0 Å². The number of nitrogens with one attached hydrogen (secondary N) is 1. The number of aliphatic hydroxyl groups is 1. The van der Waals surface area contributed by atoms with Gasteiger partial charge < -0.3 is 15.3 Å². The van der Waals surface area contributed by atoms with E-state index in [0.29, 0.717) is 35.1 Å².